The van der Waals surface area contributed by atoms with Crippen molar-refractivity contribution in [1.82, 2.24) is 0 Å². The third-order valence-corrected chi connectivity index (χ3v) is 4.06. The number of benzene rings is 2. The molecule has 0 spiro atoms. The highest BCUT2D eigenvalue weighted by Gasteiger charge is 2.20. The minimum absolute atomic E-state index is 1.08. The van der Waals surface area contributed by atoms with Gasteiger partial charge in [0.2, 0.25) is 0 Å². The molecule has 1 aliphatic heterocycles. The summed E-state index contributed by atoms with van der Waals surface area (Å²) in [5.41, 5.74) is 4.41. The summed E-state index contributed by atoms with van der Waals surface area (Å²) in [5.74, 6) is 0. The van der Waals surface area contributed by atoms with E-state index in [1.54, 1.807) is 5.71 Å². The van der Waals surface area contributed by atoms with Crippen molar-refractivity contribution in [3.05, 3.63) is 71.8 Å². The fourth-order valence-corrected chi connectivity index (χ4v) is 2.98. The first-order valence-corrected chi connectivity index (χ1v) is 7.59. The molecule has 3 rings (SSSR count). The van der Waals surface area contributed by atoms with Crippen LogP contribution in [0.4, 0.5) is 0 Å². The minimum atomic E-state index is 1.08. The van der Waals surface area contributed by atoms with Gasteiger partial charge in [-0.05, 0) is 11.1 Å². The SMILES string of the molecule is c1ccc(CC(Cc2ccccc2)=[N+]2CCCC2)cc1. The second-order valence-electron chi connectivity index (χ2n) is 5.59. The van der Waals surface area contributed by atoms with Crippen molar-refractivity contribution in [2.75, 3.05) is 13.1 Å². The zero-order valence-electron chi connectivity index (χ0n) is 12.0. The van der Waals surface area contributed by atoms with Gasteiger partial charge in [-0.3, -0.25) is 0 Å². The van der Waals surface area contributed by atoms with E-state index in [1.165, 1.54) is 37.1 Å². The zero-order chi connectivity index (χ0) is 13.6. The lowest BCUT2D eigenvalue weighted by Gasteiger charge is -2.07. The van der Waals surface area contributed by atoms with Crippen LogP contribution in [0.1, 0.15) is 24.0 Å². The molecule has 20 heavy (non-hydrogen) atoms. The van der Waals surface area contributed by atoms with Crippen LogP contribution in [0, 0.1) is 0 Å². The zero-order valence-corrected chi connectivity index (χ0v) is 12.0. The second kappa shape index (κ2) is 6.51. The first-order valence-electron chi connectivity index (χ1n) is 7.59. The van der Waals surface area contributed by atoms with Crippen LogP contribution < -0.4 is 0 Å². The van der Waals surface area contributed by atoms with Crippen LogP contribution in [0.3, 0.4) is 0 Å². The van der Waals surface area contributed by atoms with E-state index in [-0.39, 0.29) is 0 Å². The summed E-state index contributed by atoms with van der Waals surface area (Å²) >= 11 is 0. The smallest absolute Gasteiger partial charge is 0.161 e. The highest BCUT2D eigenvalue weighted by molar-refractivity contribution is 5.84. The van der Waals surface area contributed by atoms with Crippen LogP contribution in [0.15, 0.2) is 60.7 Å². The molecule has 1 aliphatic rings. The van der Waals surface area contributed by atoms with Crippen molar-refractivity contribution in [3.8, 4) is 0 Å². The summed E-state index contributed by atoms with van der Waals surface area (Å²) in [4.78, 5) is 0. The van der Waals surface area contributed by atoms with Gasteiger partial charge in [0.05, 0.1) is 12.8 Å². The van der Waals surface area contributed by atoms with Gasteiger partial charge >= 0.3 is 0 Å². The molecule has 0 saturated carbocycles. The molecule has 0 bridgehead atoms. The van der Waals surface area contributed by atoms with Crippen molar-refractivity contribution < 1.29 is 4.58 Å². The first kappa shape index (κ1) is 13.1. The Hall–Kier alpha value is -1.89. The normalized spacial score (nSPS) is 14.5. The molecule has 0 radical (unpaired) electrons. The summed E-state index contributed by atoms with van der Waals surface area (Å²) in [7, 11) is 0. The van der Waals surface area contributed by atoms with E-state index in [0.29, 0.717) is 0 Å². The Morgan fingerprint density at radius 3 is 1.60 bits per heavy atom. The van der Waals surface area contributed by atoms with Crippen LogP contribution in [-0.4, -0.2) is 23.4 Å². The third kappa shape index (κ3) is 3.36. The van der Waals surface area contributed by atoms with Gasteiger partial charge in [0.15, 0.2) is 5.71 Å². The molecule has 102 valence electrons. The molecule has 1 fully saturated rings. The molecule has 1 saturated heterocycles. The molecule has 1 heterocycles. The fourth-order valence-electron chi connectivity index (χ4n) is 2.98. The van der Waals surface area contributed by atoms with Crippen molar-refractivity contribution in [3.63, 3.8) is 0 Å². The summed E-state index contributed by atoms with van der Waals surface area (Å²) in [5, 5.41) is 0. The number of hydrogen-bond donors (Lipinski definition) is 0. The van der Waals surface area contributed by atoms with E-state index in [9.17, 15) is 0 Å². The Morgan fingerprint density at radius 2 is 1.15 bits per heavy atom. The molecule has 0 N–H and O–H groups in total. The van der Waals surface area contributed by atoms with Crippen molar-refractivity contribution in [2.24, 2.45) is 0 Å². The molecular formula is C19H22N+. The van der Waals surface area contributed by atoms with Crippen LogP contribution in [0.5, 0.6) is 0 Å². The van der Waals surface area contributed by atoms with Gasteiger partial charge in [0.1, 0.15) is 13.1 Å². The maximum absolute atomic E-state index is 2.60. The lowest BCUT2D eigenvalue weighted by atomic mass is 10.0. The van der Waals surface area contributed by atoms with Gasteiger partial charge in [0, 0.05) is 12.8 Å². The van der Waals surface area contributed by atoms with Gasteiger partial charge in [-0.25, -0.2) is 4.58 Å². The molecule has 0 unspecified atom stereocenters. The average Bonchev–Trinajstić information content (AvgIpc) is 3.03. The number of nitrogens with zero attached hydrogens (tertiary/aromatic N) is 1. The highest BCUT2D eigenvalue weighted by atomic mass is 15.0. The highest BCUT2D eigenvalue weighted by Crippen LogP contribution is 2.10. The molecule has 1 heteroatoms. The predicted octanol–water partition coefficient (Wildman–Crippen LogP) is 3.72. The van der Waals surface area contributed by atoms with E-state index < -0.39 is 0 Å². The Labute approximate surface area is 121 Å². The van der Waals surface area contributed by atoms with Crippen LogP contribution >= 0.6 is 0 Å². The van der Waals surface area contributed by atoms with Crippen LogP contribution in [0.25, 0.3) is 0 Å². The molecule has 1 nitrogen and oxygen atoms in total. The van der Waals surface area contributed by atoms with Crippen LogP contribution in [-0.2, 0) is 12.8 Å². The second-order valence-corrected chi connectivity index (χ2v) is 5.59. The molecular weight excluding hydrogens is 242 g/mol. The topological polar surface area (TPSA) is 3.01 Å². The monoisotopic (exact) mass is 264 g/mol. The van der Waals surface area contributed by atoms with Gasteiger partial charge in [-0.15, -0.1) is 0 Å². The summed E-state index contributed by atoms with van der Waals surface area (Å²) in [6.45, 7) is 2.46. The third-order valence-electron chi connectivity index (χ3n) is 4.06. The van der Waals surface area contributed by atoms with E-state index in [0.717, 1.165) is 12.8 Å². The average molecular weight is 264 g/mol. The minimum Gasteiger partial charge on any atom is -0.236 e. The maximum atomic E-state index is 2.60. The lowest BCUT2D eigenvalue weighted by molar-refractivity contribution is -0.508. The van der Waals surface area contributed by atoms with Gasteiger partial charge in [0.25, 0.3) is 0 Å². The number of hydrogen-bond acceptors (Lipinski definition) is 0. The molecule has 0 amide bonds. The molecule has 0 atom stereocenters. The standard InChI is InChI=1S/C19H22N/c1-3-9-17(10-4-1)15-19(20-13-7-8-14-20)16-18-11-5-2-6-12-18/h1-6,9-12H,7-8,13-16H2/q+1. The van der Waals surface area contributed by atoms with Crippen molar-refractivity contribution in [2.45, 2.75) is 25.7 Å². The lowest BCUT2D eigenvalue weighted by Crippen LogP contribution is -2.22. The summed E-state index contributed by atoms with van der Waals surface area (Å²) in [6, 6.07) is 21.7. The summed E-state index contributed by atoms with van der Waals surface area (Å²) in [6.07, 6.45) is 4.84. The van der Waals surface area contributed by atoms with E-state index in [4.69, 9.17) is 0 Å². The van der Waals surface area contributed by atoms with E-state index in [2.05, 4.69) is 65.2 Å². The largest absolute Gasteiger partial charge is 0.236 e. The Balaban J connectivity index is 1.83. The summed E-state index contributed by atoms with van der Waals surface area (Å²) < 4.78 is 2.60. The van der Waals surface area contributed by atoms with Crippen LogP contribution in [0.2, 0.25) is 0 Å². The van der Waals surface area contributed by atoms with Crippen molar-refractivity contribution in [1.29, 1.82) is 0 Å². The maximum Gasteiger partial charge on any atom is 0.161 e. The Morgan fingerprint density at radius 1 is 0.700 bits per heavy atom. The predicted molar refractivity (Wildman–Crippen MR) is 84.5 cm³/mol. The van der Waals surface area contributed by atoms with Gasteiger partial charge in [-0.2, -0.15) is 0 Å². The van der Waals surface area contributed by atoms with Crippen molar-refractivity contribution >= 4 is 5.71 Å². The quantitative estimate of drug-likeness (QED) is 0.740. The van der Waals surface area contributed by atoms with E-state index >= 15 is 0 Å². The Kier molecular flexibility index (Phi) is 4.27. The Bertz CT molecular complexity index is 518. The molecule has 2 aromatic rings. The molecule has 0 aliphatic carbocycles. The fraction of sp³-hybridized carbons (Fsp3) is 0.316. The van der Waals surface area contributed by atoms with E-state index in [1.807, 2.05) is 0 Å². The first-order chi connectivity index (χ1) is 9.92. The van der Waals surface area contributed by atoms with Gasteiger partial charge in [-0.1, -0.05) is 60.7 Å². The molecule has 2 aromatic carbocycles. The molecule has 0 aromatic heterocycles. The number of rotatable bonds is 4. The van der Waals surface area contributed by atoms with Gasteiger partial charge < -0.3 is 0 Å².